The highest BCUT2D eigenvalue weighted by Gasteiger charge is 2.26. The third kappa shape index (κ3) is 6.39. The van der Waals surface area contributed by atoms with Gasteiger partial charge in [0.15, 0.2) is 0 Å². The van der Waals surface area contributed by atoms with Crippen molar-refractivity contribution in [2.24, 2.45) is 17.6 Å². The van der Waals surface area contributed by atoms with Crippen molar-refractivity contribution >= 4 is 17.7 Å². The first-order valence-corrected chi connectivity index (χ1v) is 13.1. The first-order valence-electron chi connectivity index (χ1n) is 12.2. The Morgan fingerprint density at radius 3 is 2.58 bits per heavy atom. The summed E-state index contributed by atoms with van der Waals surface area (Å²) in [4.78, 5) is 18.8. The molecule has 6 heteroatoms. The molecule has 1 aromatic carbocycles. The number of piperidine rings is 1. The van der Waals surface area contributed by atoms with Crippen LogP contribution in [0, 0.1) is 11.8 Å². The Hall–Kier alpha value is -1.24. The van der Waals surface area contributed by atoms with Crippen molar-refractivity contribution in [2.45, 2.75) is 68.8 Å². The number of amides is 1. The number of nitrogens with zero attached hydrogens (tertiary/aromatic N) is 2. The predicted molar refractivity (Wildman–Crippen MR) is 127 cm³/mol. The molecule has 1 aromatic rings. The van der Waals surface area contributed by atoms with E-state index in [1.54, 1.807) is 7.11 Å². The van der Waals surface area contributed by atoms with Gasteiger partial charge in [0.2, 0.25) is 5.91 Å². The molecule has 0 aromatic heterocycles. The number of carbonyl (C=O) groups excluding carboxylic acids is 1. The van der Waals surface area contributed by atoms with E-state index < -0.39 is 0 Å². The fourth-order valence-corrected chi connectivity index (χ4v) is 6.47. The van der Waals surface area contributed by atoms with Crippen molar-refractivity contribution in [1.82, 2.24) is 9.80 Å². The smallest absolute Gasteiger partial charge is 0.224 e. The lowest BCUT2D eigenvalue weighted by Gasteiger charge is -2.35. The quantitative estimate of drug-likeness (QED) is 0.713. The van der Waals surface area contributed by atoms with Crippen molar-refractivity contribution in [2.75, 3.05) is 39.0 Å². The highest BCUT2D eigenvalue weighted by molar-refractivity contribution is 7.99. The van der Waals surface area contributed by atoms with Crippen LogP contribution in [0.5, 0.6) is 5.75 Å². The molecule has 2 aliphatic heterocycles. The molecule has 2 N–H and O–H groups in total. The SMILES string of the molecule is COc1ccc2c(c1)CN(C(=O)CCN1CCC(CC3CCC(N)CC3)CC1)CCS2. The van der Waals surface area contributed by atoms with E-state index in [0.29, 0.717) is 19.0 Å². The minimum absolute atomic E-state index is 0.289. The number of thioether (sulfide) groups is 1. The molecule has 2 fully saturated rings. The molecule has 172 valence electrons. The molecule has 0 atom stereocenters. The monoisotopic (exact) mass is 445 g/mol. The zero-order chi connectivity index (χ0) is 21.6. The van der Waals surface area contributed by atoms with Gasteiger partial charge in [-0.2, -0.15) is 0 Å². The van der Waals surface area contributed by atoms with Gasteiger partial charge in [0.25, 0.3) is 0 Å². The first-order chi connectivity index (χ1) is 15.1. The summed E-state index contributed by atoms with van der Waals surface area (Å²) in [5.41, 5.74) is 7.27. The number of fused-ring (bicyclic) bond motifs is 1. The summed E-state index contributed by atoms with van der Waals surface area (Å²) in [5.74, 6) is 3.90. The number of methoxy groups -OCH3 is 1. The minimum atomic E-state index is 0.289. The number of ether oxygens (including phenoxy) is 1. The Bertz CT molecular complexity index is 727. The third-order valence-corrected chi connectivity index (χ3v) is 8.60. The molecular weight excluding hydrogens is 406 g/mol. The number of likely N-dealkylation sites (tertiary alicyclic amines) is 1. The van der Waals surface area contributed by atoms with Crippen LogP contribution in [0.25, 0.3) is 0 Å². The van der Waals surface area contributed by atoms with Crippen LogP contribution in [0.4, 0.5) is 0 Å². The number of benzene rings is 1. The summed E-state index contributed by atoms with van der Waals surface area (Å²) < 4.78 is 5.38. The molecule has 1 amide bonds. The van der Waals surface area contributed by atoms with E-state index in [0.717, 1.165) is 49.5 Å². The van der Waals surface area contributed by atoms with Crippen LogP contribution in [0.3, 0.4) is 0 Å². The second kappa shape index (κ2) is 11.1. The van der Waals surface area contributed by atoms with Crippen molar-refractivity contribution < 1.29 is 9.53 Å². The van der Waals surface area contributed by atoms with Gasteiger partial charge in [-0.25, -0.2) is 0 Å². The lowest BCUT2D eigenvalue weighted by atomic mass is 9.78. The molecule has 1 saturated carbocycles. The van der Waals surface area contributed by atoms with E-state index in [4.69, 9.17) is 10.5 Å². The standard InChI is InChI=1S/C25H39N3O2S/c1-30-23-6-7-24-21(17-23)18-28(14-15-31-24)25(29)10-13-27-11-8-20(9-12-27)16-19-2-4-22(26)5-3-19/h6-7,17,19-20,22H,2-5,8-16,18,26H2,1H3. The summed E-state index contributed by atoms with van der Waals surface area (Å²) >= 11 is 1.84. The summed E-state index contributed by atoms with van der Waals surface area (Å²) in [7, 11) is 1.70. The number of hydrogen-bond donors (Lipinski definition) is 1. The van der Waals surface area contributed by atoms with E-state index in [1.165, 1.54) is 55.4 Å². The summed E-state index contributed by atoms with van der Waals surface area (Å²) in [6.45, 7) is 4.73. The Labute approximate surface area is 192 Å². The Kier molecular flexibility index (Phi) is 8.18. The molecule has 3 aliphatic rings. The van der Waals surface area contributed by atoms with Crippen molar-refractivity contribution in [1.29, 1.82) is 0 Å². The molecule has 0 bridgehead atoms. The minimum Gasteiger partial charge on any atom is -0.497 e. The van der Waals surface area contributed by atoms with Gasteiger partial charge in [-0.15, -0.1) is 11.8 Å². The number of carbonyl (C=O) groups is 1. The molecule has 0 spiro atoms. The molecule has 5 nitrogen and oxygen atoms in total. The zero-order valence-corrected chi connectivity index (χ0v) is 19.9. The van der Waals surface area contributed by atoms with E-state index in [1.807, 2.05) is 22.7 Å². The van der Waals surface area contributed by atoms with Crippen LogP contribution in [0.1, 0.15) is 56.9 Å². The molecule has 0 radical (unpaired) electrons. The zero-order valence-electron chi connectivity index (χ0n) is 19.1. The normalized spacial score (nSPS) is 25.7. The van der Waals surface area contributed by atoms with Gasteiger partial charge in [0.05, 0.1) is 7.11 Å². The number of hydrogen-bond acceptors (Lipinski definition) is 5. The fourth-order valence-electron chi connectivity index (χ4n) is 5.46. The maximum absolute atomic E-state index is 13.0. The average Bonchev–Trinajstić information content (AvgIpc) is 3.02. The lowest BCUT2D eigenvalue weighted by molar-refractivity contribution is -0.132. The maximum atomic E-state index is 13.0. The van der Waals surface area contributed by atoms with Crippen LogP contribution < -0.4 is 10.5 Å². The first kappa shape index (κ1) is 22.9. The second-order valence-corrected chi connectivity index (χ2v) is 10.8. The Balaban J connectivity index is 1.19. The number of nitrogens with two attached hydrogens (primary N) is 1. The topological polar surface area (TPSA) is 58.8 Å². The van der Waals surface area contributed by atoms with Crippen molar-refractivity contribution in [3.63, 3.8) is 0 Å². The van der Waals surface area contributed by atoms with Crippen LogP contribution in [-0.4, -0.2) is 60.8 Å². The van der Waals surface area contributed by atoms with Gasteiger partial charge in [0.1, 0.15) is 5.75 Å². The van der Waals surface area contributed by atoms with E-state index >= 15 is 0 Å². The molecule has 2 heterocycles. The van der Waals surface area contributed by atoms with E-state index in [-0.39, 0.29) is 5.91 Å². The highest BCUT2D eigenvalue weighted by Crippen LogP contribution is 2.33. The molecule has 31 heavy (non-hydrogen) atoms. The Morgan fingerprint density at radius 2 is 1.84 bits per heavy atom. The van der Waals surface area contributed by atoms with Gasteiger partial charge in [-0.3, -0.25) is 4.79 Å². The molecule has 4 rings (SSSR count). The predicted octanol–water partition coefficient (Wildman–Crippen LogP) is 4.14. The highest BCUT2D eigenvalue weighted by atomic mass is 32.2. The largest absolute Gasteiger partial charge is 0.497 e. The van der Waals surface area contributed by atoms with Gasteiger partial charge in [-0.05, 0) is 93.6 Å². The second-order valence-electron chi connectivity index (χ2n) is 9.69. The number of rotatable bonds is 6. The van der Waals surface area contributed by atoms with Crippen LogP contribution >= 0.6 is 11.8 Å². The van der Waals surface area contributed by atoms with Crippen LogP contribution in [-0.2, 0) is 11.3 Å². The summed E-state index contributed by atoms with van der Waals surface area (Å²) in [6, 6.07) is 6.67. The van der Waals surface area contributed by atoms with Crippen LogP contribution in [0.2, 0.25) is 0 Å². The summed E-state index contributed by atoms with van der Waals surface area (Å²) in [5, 5.41) is 0. The Morgan fingerprint density at radius 1 is 1.10 bits per heavy atom. The third-order valence-electron chi connectivity index (χ3n) is 7.51. The maximum Gasteiger partial charge on any atom is 0.224 e. The van der Waals surface area contributed by atoms with E-state index in [2.05, 4.69) is 17.0 Å². The van der Waals surface area contributed by atoms with Gasteiger partial charge in [-0.1, -0.05) is 0 Å². The molecule has 1 aliphatic carbocycles. The van der Waals surface area contributed by atoms with Gasteiger partial charge in [0, 0.05) is 42.7 Å². The van der Waals surface area contributed by atoms with E-state index in [9.17, 15) is 4.79 Å². The lowest BCUT2D eigenvalue weighted by Crippen LogP contribution is -2.39. The van der Waals surface area contributed by atoms with Crippen molar-refractivity contribution in [3.05, 3.63) is 23.8 Å². The average molecular weight is 446 g/mol. The van der Waals surface area contributed by atoms with Crippen LogP contribution in [0.15, 0.2) is 23.1 Å². The van der Waals surface area contributed by atoms with Gasteiger partial charge >= 0.3 is 0 Å². The molecule has 1 saturated heterocycles. The summed E-state index contributed by atoms with van der Waals surface area (Å²) in [6.07, 6.45) is 9.73. The molecular formula is C25H39N3O2S. The fraction of sp³-hybridized carbons (Fsp3) is 0.720. The molecule has 0 unspecified atom stereocenters. The van der Waals surface area contributed by atoms with Gasteiger partial charge < -0.3 is 20.3 Å². The van der Waals surface area contributed by atoms with Crippen molar-refractivity contribution in [3.8, 4) is 5.75 Å².